The quantitative estimate of drug-likeness (QED) is 0.818. The van der Waals surface area contributed by atoms with Crippen molar-refractivity contribution in [3.05, 3.63) is 65.5 Å². The molecule has 1 fully saturated rings. The molecule has 0 atom stereocenters. The van der Waals surface area contributed by atoms with Crippen molar-refractivity contribution in [1.82, 2.24) is 10.2 Å². The number of likely N-dealkylation sites (tertiary alicyclic amines) is 1. The molecule has 2 N–H and O–H groups in total. The Hall–Kier alpha value is -2.24. The first-order chi connectivity index (χ1) is 13.1. The Kier molecular flexibility index (Phi) is 6.24. The van der Waals surface area contributed by atoms with Crippen molar-refractivity contribution in [2.45, 2.75) is 38.3 Å². The lowest BCUT2D eigenvalue weighted by molar-refractivity contribution is -0.124. The van der Waals surface area contributed by atoms with Gasteiger partial charge in [-0.15, -0.1) is 0 Å². The number of hydrogen-bond donors (Lipinski definition) is 2. The van der Waals surface area contributed by atoms with Gasteiger partial charge in [0.25, 0.3) is 0 Å². The van der Waals surface area contributed by atoms with Gasteiger partial charge < -0.3 is 10.6 Å². The Balaban J connectivity index is 1.61. The lowest BCUT2D eigenvalue weighted by Crippen LogP contribution is -2.59. The van der Waals surface area contributed by atoms with E-state index in [0.29, 0.717) is 24.9 Å². The molecule has 2 aromatic carbocycles. The molecule has 0 bridgehead atoms. The van der Waals surface area contributed by atoms with Crippen LogP contribution >= 0.6 is 0 Å². The number of likely N-dealkylation sites (N-methyl/N-ethyl adjacent to an activating group) is 1. The molecule has 0 saturated carbocycles. The SMILES string of the molecule is CCc1ccc(NC(=O)C2(NC)CCN(Cc3ccccc3F)CC2)cc1. The van der Waals surface area contributed by atoms with Crippen molar-refractivity contribution in [2.24, 2.45) is 0 Å². The molecule has 144 valence electrons. The Labute approximate surface area is 160 Å². The van der Waals surface area contributed by atoms with Gasteiger partial charge in [-0.25, -0.2) is 4.39 Å². The molecule has 1 heterocycles. The Bertz CT molecular complexity index is 767. The fourth-order valence-corrected chi connectivity index (χ4v) is 3.63. The summed E-state index contributed by atoms with van der Waals surface area (Å²) in [5.41, 5.74) is 2.18. The second kappa shape index (κ2) is 8.63. The van der Waals surface area contributed by atoms with E-state index < -0.39 is 5.54 Å². The van der Waals surface area contributed by atoms with Gasteiger partial charge >= 0.3 is 0 Å². The van der Waals surface area contributed by atoms with Crippen molar-refractivity contribution in [3.63, 3.8) is 0 Å². The highest BCUT2D eigenvalue weighted by molar-refractivity contribution is 5.98. The minimum atomic E-state index is -0.588. The third kappa shape index (κ3) is 4.54. The van der Waals surface area contributed by atoms with Crippen molar-refractivity contribution in [1.29, 1.82) is 0 Å². The highest BCUT2D eigenvalue weighted by atomic mass is 19.1. The lowest BCUT2D eigenvalue weighted by Gasteiger charge is -2.40. The number of halogens is 1. The number of amides is 1. The van der Waals surface area contributed by atoms with Crippen molar-refractivity contribution < 1.29 is 9.18 Å². The normalized spacial score (nSPS) is 16.9. The molecule has 1 saturated heterocycles. The van der Waals surface area contributed by atoms with E-state index in [0.717, 1.165) is 25.2 Å². The number of benzene rings is 2. The Morgan fingerprint density at radius 1 is 1.11 bits per heavy atom. The van der Waals surface area contributed by atoms with E-state index in [1.54, 1.807) is 6.07 Å². The van der Waals surface area contributed by atoms with Gasteiger partial charge in [0.1, 0.15) is 11.4 Å². The summed E-state index contributed by atoms with van der Waals surface area (Å²) in [7, 11) is 1.84. The Morgan fingerprint density at radius 2 is 1.78 bits per heavy atom. The number of rotatable bonds is 6. The van der Waals surface area contributed by atoms with Crippen molar-refractivity contribution in [3.8, 4) is 0 Å². The monoisotopic (exact) mass is 369 g/mol. The maximum atomic E-state index is 13.9. The van der Waals surface area contributed by atoms with Crippen LogP contribution in [0.5, 0.6) is 0 Å². The molecule has 4 nitrogen and oxygen atoms in total. The standard InChI is InChI=1S/C22H28FN3O/c1-3-17-8-10-19(11-9-17)25-21(27)22(24-2)12-14-26(15-13-22)16-18-6-4-5-7-20(18)23/h4-11,24H,3,12-16H2,1-2H3,(H,25,27). The number of aryl methyl sites for hydroxylation is 1. The molecule has 27 heavy (non-hydrogen) atoms. The number of anilines is 1. The summed E-state index contributed by atoms with van der Waals surface area (Å²) in [5.74, 6) is -0.170. The third-order valence-corrected chi connectivity index (χ3v) is 5.59. The van der Waals surface area contributed by atoms with Crippen LogP contribution in [-0.2, 0) is 17.8 Å². The second-order valence-electron chi connectivity index (χ2n) is 7.20. The highest BCUT2D eigenvalue weighted by Crippen LogP contribution is 2.25. The van der Waals surface area contributed by atoms with Gasteiger partial charge in [-0.3, -0.25) is 9.69 Å². The van der Waals surface area contributed by atoms with Crippen LogP contribution in [-0.4, -0.2) is 36.5 Å². The van der Waals surface area contributed by atoms with Crippen LogP contribution in [0, 0.1) is 5.82 Å². The van der Waals surface area contributed by atoms with Crippen LogP contribution in [0.4, 0.5) is 10.1 Å². The molecule has 5 heteroatoms. The van der Waals surface area contributed by atoms with Crippen LogP contribution in [0.2, 0.25) is 0 Å². The molecule has 0 spiro atoms. The first-order valence-corrected chi connectivity index (χ1v) is 9.61. The zero-order chi connectivity index (χ0) is 19.3. The molecule has 2 aromatic rings. The molecule has 0 unspecified atom stereocenters. The summed E-state index contributed by atoms with van der Waals surface area (Å²) >= 11 is 0. The average molecular weight is 369 g/mol. The fourth-order valence-electron chi connectivity index (χ4n) is 3.63. The summed E-state index contributed by atoms with van der Waals surface area (Å²) in [6.07, 6.45) is 2.36. The van der Waals surface area contributed by atoms with Gasteiger partial charge in [0.05, 0.1) is 0 Å². The molecule has 1 aliphatic heterocycles. The number of carbonyl (C=O) groups is 1. The smallest absolute Gasteiger partial charge is 0.244 e. The van der Waals surface area contributed by atoms with Gasteiger partial charge in [-0.05, 0) is 50.1 Å². The van der Waals surface area contributed by atoms with Crippen LogP contribution in [0.3, 0.4) is 0 Å². The van der Waals surface area contributed by atoms with E-state index in [-0.39, 0.29) is 11.7 Å². The van der Waals surface area contributed by atoms with Gasteiger partial charge in [0, 0.05) is 30.9 Å². The molecular weight excluding hydrogens is 341 g/mol. The molecule has 0 aromatic heterocycles. The van der Waals surface area contributed by atoms with E-state index >= 15 is 0 Å². The first-order valence-electron chi connectivity index (χ1n) is 9.61. The highest BCUT2D eigenvalue weighted by Gasteiger charge is 2.40. The molecule has 1 aliphatic rings. The maximum Gasteiger partial charge on any atom is 0.244 e. The summed E-state index contributed by atoms with van der Waals surface area (Å²) in [6, 6.07) is 14.9. The largest absolute Gasteiger partial charge is 0.324 e. The predicted molar refractivity (Wildman–Crippen MR) is 107 cm³/mol. The Morgan fingerprint density at radius 3 is 2.37 bits per heavy atom. The number of hydrogen-bond acceptors (Lipinski definition) is 3. The van der Waals surface area contributed by atoms with E-state index in [1.165, 1.54) is 11.6 Å². The maximum absolute atomic E-state index is 13.9. The number of carbonyl (C=O) groups excluding carboxylic acids is 1. The van der Waals surface area contributed by atoms with Gasteiger partial charge in [0.15, 0.2) is 0 Å². The molecule has 0 aliphatic carbocycles. The molecule has 3 rings (SSSR count). The van der Waals surface area contributed by atoms with E-state index in [2.05, 4.69) is 22.5 Å². The summed E-state index contributed by atoms with van der Waals surface area (Å²) < 4.78 is 13.9. The summed E-state index contributed by atoms with van der Waals surface area (Å²) in [5, 5.41) is 6.29. The van der Waals surface area contributed by atoms with Crippen LogP contribution < -0.4 is 10.6 Å². The minimum Gasteiger partial charge on any atom is -0.324 e. The van der Waals surface area contributed by atoms with Gasteiger partial charge in [-0.1, -0.05) is 37.3 Å². The van der Waals surface area contributed by atoms with Gasteiger partial charge in [-0.2, -0.15) is 0 Å². The molecule has 0 radical (unpaired) electrons. The zero-order valence-corrected chi connectivity index (χ0v) is 16.1. The predicted octanol–water partition coefficient (Wildman–Crippen LogP) is 3.58. The minimum absolute atomic E-state index is 0.000194. The lowest BCUT2D eigenvalue weighted by atomic mass is 9.86. The van der Waals surface area contributed by atoms with E-state index in [4.69, 9.17) is 0 Å². The average Bonchev–Trinajstić information content (AvgIpc) is 2.71. The summed E-state index contributed by atoms with van der Waals surface area (Å²) in [6.45, 7) is 4.18. The van der Waals surface area contributed by atoms with Crippen LogP contribution in [0.15, 0.2) is 48.5 Å². The van der Waals surface area contributed by atoms with Gasteiger partial charge in [0.2, 0.25) is 5.91 Å². The molecule has 1 amide bonds. The third-order valence-electron chi connectivity index (χ3n) is 5.59. The van der Waals surface area contributed by atoms with Crippen molar-refractivity contribution in [2.75, 3.05) is 25.5 Å². The summed E-state index contributed by atoms with van der Waals surface area (Å²) in [4.78, 5) is 15.1. The second-order valence-corrected chi connectivity index (χ2v) is 7.20. The number of nitrogens with zero attached hydrogens (tertiary/aromatic N) is 1. The molecular formula is C22H28FN3O. The van der Waals surface area contributed by atoms with Crippen LogP contribution in [0.1, 0.15) is 30.9 Å². The number of piperidine rings is 1. The van der Waals surface area contributed by atoms with E-state index in [9.17, 15) is 9.18 Å². The van der Waals surface area contributed by atoms with Crippen molar-refractivity contribution >= 4 is 11.6 Å². The van der Waals surface area contributed by atoms with E-state index in [1.807, 2.05) is 43.4 Å². The van der Waals surface area contributed by atoms with Crippen LogP contribution in [0.25, 0.3) is 0 Å². The zero-order valence-electron chi connectivity index (χ0n) is 16.1. The number of nitrogens with one attached hydrogen (secondary N) is 2. The first kappa shape index (κ1) is 19.5. The fraction of sp³-hybridized carbons (Fsp3) is 0.409. The topological polar surface area (TPSA) is 44.4 Å².